The van der Waals surface area contributed by atoms with Crippen molar-refractivity contribution in [2.45, 2.75) is 33.1 Å². The third-order valence-electron chi connectivity index (χ3n) is 3.43. The van der Waals surface area contributed by atoms with Crippen molar-refractivity contribution < 1.29 is 13.2 Å². The van der Waals surface area contributed by atoms with Gasteiger partial charge in [0.15, 0.2) is 5.96 Å². The van der Waals surface area contributed by atoms with Crippen molar-refractivity contribution in [1.82, 2.24) is 15.6 Å². The second-order valence-electron chi connectivity index (χ2n) is 5.51. The Kier molecular flexibility index (Phi) is 6.38. The number of rotatable bonds is 5. The van der Waals surface area contributed by atoms with E-state index in [1.165, 1.54) is 12.1 Å². The van der Waals surface area contributed by atoms with E-state index < -0.39 is 11.7 Å². The highest BCUT2D eigenvalue weighted by atomic mass is 19.4. The highest BCUT2D eigenvalue weighted by molar-refractivity contribution is 5.79. The molecular weight excluding hydrogens is 329 g/mol. The van der Waals surface area contributed by atoms with E-state index in [4.69, 9.17) is 0 Å². The van der Waals surface area contributed by atoms with Gasteiger partial charge in [-0.2, -0.15) is 13.2 Å². The molecule has 0 aliphatic heterocycles. The van der Waals surface area contributed by atoms with Crippen LogP contribution in [0.3, 0.4) is 0 Å². The fourth-order valence-electron chi connectivity index (χ4n) is 2.18. The Hall–Kier alpha value is -2.57. The summed E-state index contributed by atoms with van der Waals surface area (Å²) in [5.41, 5.74) is 1.88. The number of pyridine rings is 1. The van der Waals surface area contributed by atoms with Crippen LogP contribution in [0.15, 0.2) is 47.5 Å². The maximum absolute atomic E-state index is 12.6. The average molecular weight is 350 g/mol. The summed E-state index contributed by atoms with van der Waals surface area (Å²) in [5.74, 6) is 0.589. The van der Waals surface area contributed by atoms with Gasteiger partial charge in [0.2, 0.25) is 0 Å². The zero-order valence-corrected chi connectivity index (χ0v) is 14.2. The van der Waals surface area contributed by atoms with Gasteiger partial charge in [0, 0.05) is 12.2 Å². The van der Waals surface area contributed by atoms with Crippen molar-refractivity contribution in [2.24, 2.45) is 4.99 Å². The molecule has 1 heterocycles. The van der Waals surface area contributed by atoms with Crippen LogP contribution in [0, 0.1) is 6.92 Å². The molecule has 0 atom stereocenters. The molecule has 4 nitrogen and oxygen atoms in total. The Bertz CT molecular complexity index is 709. The van der Waals surface area contributed by atoms with Gasteiger partial charge in [0.1, 0.15) is 0 Å². The number of nitrogens with zero attached hydrogens (tertiary/aromatic N) is 2. The number of halogens is 3. The quantitative estimate of drug-likeness (QED) is 0.639. The van der Waals surface area contributed by atoms with Gasteiger partial charge in [-0.05, 0) is 43.7 Å². The van der Waals surface area contributed by atoms with Crippen LogP contribution in [0.5, 0.6) is 0 Å². The van der Waals surface area contributed by atoms with Crippen molar-refractivity contribution in [3.05, 3.63) is 65.0 Å². The maximum Gasteiger partial charge on any atom is 0.416 e. The minimum absolute atomic E-state index is 0.286. The normalized spacial score (nSPS) is 12.1. The van der Waals surface area contributed by atoms with E-state index in [0.717, 1.165) is 23.5 Å². The Morgan fingerprint density at radius 2 is 1.80 bits per heavy atom. The van der Waals surface area contributed by atoms with Crippen LogP contribution in [-0.4, -0.2) is 17.5 Å². The van der Waals surface area contributed by atoms with E-state index in [2.05, 4.69) is 20.6 Å². The molecule has 0 bridgehead atoms. The Balaban J connectivity index is 1.99. The SMILES string of the molecule is CCNC(=NCc1ccc(C(F)(F)F)cc1)NCc1cccc(C)n1. The van der Waals surface area contributed by atoms with E-state index in [1.54, 1.807) is 0 Å². The predicted molar refractivity (Wildman–Crippen MR) is 92.1 cm³/mol. The summed E-state index contributed by atoms with van der Waals surface area (Å²) >= 11 is 0. The van der Waals surface area contributed by atoms with Crippen LogP contribution in [0.25, 0.3) is 0 Å². The number of hydrogen-bond acceptors (Lipinski definition) is 2. The van der Waals surface area contributed by atoms with E-state index >= 15 is 0 Å². The zero-order valence-electron chi connectivity index (χ0n) is 14.2. The first-order valence-corrected chi connectivity index (χ1v) is 7.99. The molecule has 0 saturated heterocycles. The first-order valence-electron chi connectivity index (χ1n) is 7.99. The van der Waals surface area contributed by atoms with Gasteiger partial charge in [0.25, 0.3) is 0 Å². The third-order valence-corrected chi connectivity index (χ3v) is 3.43. The van der Waals surface area contributed by atoms with Gasteiger partial charge in [-0.3, -0.25) is 4.98 Å². The van der Waals surface area contributed by atoms with Gasteiger partial charge < -0.3 is 10.6 Å². The van der Waals surface area contributed by atoms with Crippen LogP contribution >= 0.6 is 0 Å². The van der Waals surface area contributed by atoms with Crippen molar-refractivity contribution >= 4 is 5.96 Å². The summed E-state index contributed by atoms with van der Waals surface area (Å²) < 4.78 is 37.7. The highest BCUT2D eigenvalue weighted by Gasteiger charge is 2.29. The second kappa shape index (κ2) is 8.50. The Morgan fingerprint density at radius 1 is 1.08 bits per heavy atom. The molecule has 2 N–H and O–H groups in total. The zero-order chi connectivity index (χ0) is 18.3. The summed E-state index contributed by atoms with van der Waals surface area (Å²) in [6.45, 7) is 5.35. The summed E-state index contributed by atoms with van der Waals surface area (Å²) in [6, 6.07) is 10.8. The van der Waals surface area contributed by atoms with Crippen LogP contribution in [-0.2, 0) is 19.3 Å². The summed E-state index contributed by atoms with van der Waals surface area (Å²) in [7, 11) is 0. The summed E-state index contributed by atoms with van der Waals surface area (Å²) in [4.78, 5) is 8.80. The number of guanidine groups is 1. The van der Waals surface area contributed by atoms with Crippen LogP contribution < -0.4 is 10.6 Å². The monoisotopic (exact) mass is 350 g/mol. The lowest BCUT2D eigenvalue weighted by molar-refractivity contribution is -0.137. The Morgan fingerprint density at radius 3 is 2.40 bits per heavy atom. The molecule has 2 rings (SSSR count). The Labute approximate surface area is 145 Å². The molecular formula is C18H21F3N4. The van der Waals surface area contributed by atoms with E-state index in [9.17, 15) is 13.2 Å². The van der Waals surface area contributed by atoms with Crippen LogP contribution in [0.2, 0.25) is 0 Å². The third kappa shape index (κ3) is 6.10. The first kappa shape index (κ1) is 18.8. The van der Waals surface area contributed by atoms with E-state index in [1.807, 2.05) is 32.0 Å². The minimum atomic E-state index is -4.32. The molecule has 2 aromatic rings. The van der Waals surface area contributed by atoms with Crippen molar-refractivity contribution in [3.8, 4) is 0 Å². The van der Waals surface area contributed by atoms with E-state index in [-0.39, 0.29) is 6.54 Å². The fraction of sp³-hybridized carbons (Fsp3) is 0.333. The molecule has 0 radical (unpaired) electrons. The van der Waals surface area contributed by atoms with E-state index in [0.29, 0.717) is 24.6 Å². The minimum Gasteiger partial charge on any atom is -0.357 e. The van der Waals surface area contributed by atoms with Crippen LogP contribution in [0.4, 0.5) is 13.2 Å². The van der Waals surface area contributed by atoms with Crippen LogP contribution in [0.1, 0.15) is 29.4 Å². The topological polar surface area (TPSA) is 49.3 Å². The predicted octanol–water partition coefficient (Wildman–Crippen LogP) is 3.66. The number of aryl methyl sites for hydroxylation is 1. The standard InChI is InChI=1S/C18H21F3N4/c1-3-22-17(24-12-16-6-4-5-13(2)25-16)23-11-14-7-9-15(10-8-14)18(19,20)21/h4-10H,3,11-12H2,1-2H3,(H2,22,23,24). The van der Waals surface area contributed by atoms with Gasteiger partial charge in [0.05, 0.1) is 24.3 Å². The molecule has 0 unspecified atom stereocenters. The number of benzene rings is 1. The largest absolute Gasteiger partial charge is 0.416 e. The molecule has 0 saturated carbocycles. The van der Waals surface area contributed by atoms with Gasteiger partial charge in [-0.1, -0.05) is 18.2 Å². The first-order chi connectivity index (χ1) is 11.9. The van der Waals surface area contributed by atoms with Gasteiger partial charge in [-0.25, -0.2) is 4.99 Å². The van der Waals surface area contributed by atoms with Gasteiger partial charge in [-0.15, -0.1) is 0 Å². The number of alkyl halides is 3. The lowest BCUT2D eigenvalue weighted by atomic mass is 10.1. The molecule has 0 fully saturated rings. The molecule has 1 aromatic heterocycles. The number of hydrogen-bond donors (Lipinski definition) is 2. The molecule has 7 heteroatoms. The molecule has 134 valence electrons. The molecule has 0 amide bonds. The highest BCUT2D eigenvalue weighted by Crippen LogP contribution is 2.29. The van der Waals surface area contributed by atoms with Gasteiger partial charge >= 0.3 is 6.18 Å². The summed E-state index contributed by atoms with van der Waals surface area (Å²) in [6.07, 6.45) is -4.32. The molecule has 0 aliphatic rings. The molecule has 0 aliphatic carbocycles. The lowest BCUT2D eigenvalue weighted by Crippen LogP contribution is -2.37. The smallest absolute Gasteiger partial charge is 0.357 e. The fourth-order valence-corrected chi connectivity index (χ4v) is 2.18. The lowest BCUT2D eigenvalue weighted by Gasteiger charge is -2.11. The second-order valence-corrected chi connectivity index (χ2v) is 5.51. The maximum atomic E-state index is 12.6. The van der Waals surface area contributed by atoms with Crippen molar-refractivity contribution in [1.29, 1.82) is 0 Å². The molecule has 1 aromatic carbocycles. The average Bonchev–Trinajstić information content (AvgIpc) is 2.57. The molecule has 25 heavy (non-hydrogen) atoms. The van der Waals surface area contributed by atoms with Crippen molar-refractivity contribution in [2.75, 3.05) is 6.54 Å². The molecule has 0 spiro atoms. The number of aliphatic imine (C=N–C) groups is 1. The van der Waals surface area contributed by atoms with Crippen molar-refractivity contribution in [3.63, 3.8) is 0 Å². The summed E-state index contributed by atoms with van der Waals surface area (Å²) in [5, 5.41) is 6.27. The number of aromatic nitrogens is 1. The number of nitrogens with one attached hydrogen (secondary N) is 2.